The third-order valence-electron chi connectivity index (χ3n) is 7.74. The third kappa shape index (κ3) is 8.99. The summed E-state index contributed by atoms with van der Waals surface area (Å²) in [7, 11) is 0. The number of aliphatic hydroxyl groups excluding tert-OH is 2. The maximum atomic E-state index is 13.8. The molecule has 0 aliphatic heterocycles. The van der Waals surface area contributed by atoms with Gasteiger partial charge in [-0.2, -0.15) is 0 Å². The van der Waals surface area contributed by atoms with E-state index in [1.165, 1.54) is 26.0 Å². The molecule has 0 aromatic heterocycles. The first-order valence-corrected chi connectivity index (χ1v) is 14.7. The molecule has 240 valence electrons. The van der Waals surface area contributed by atoms with Gasteiger partial charge in [0, 0.05) is 12.5 Å². The van der Waals surface area contributed by atoms with Crippen molar-refractivity contribution in [2.75, 3.05) is 6.54 Å². The molecule has 0 spiro atoms. The highest BCUT2D eigenvalue weighted by molar-refractivity contribution is 6.00. The monoisotopic (exact) mass is 612 g/mol. The van der Waals surface area contributed by atoms with E-state index in [0.717, 1.165) is 5.56 Å². The Bertz CT molecular complexity index is 1270. The lowest BCUT2D eigenvalue weighted by Crippen LogP contribution is -2.62. The maximum Gasteiger partial charge on any atom is 0.247 e. The Labute approximate surface area is 256 Å². The van der Waals surface area contributed by atoms with Gasteiger partial charge in [-0.3, -0.25) is 19.2 Å². The zero-order chi connectivity index (χ0) is 32.4. The molecule has 1 aliphatic rings. The molecule has 0 radical (unpaired) electrons. The van der Waals surface area contributed by atoms with Crippen LogP contribution < -0.4 is 32.7 Å². The van der Waals surface area contributed by atoms with Crippen LogP contribution in [-0.2, 0) is 25.7 Å². The van der Waals surface area contributed by atoms with Crippen LogP contribution in [0.1, 0.15) is 56.6 Å². The Kier molecular flexibility index (Phi) is 12.2. The number of nitrogens with one attached hydrogen (secondary N) is 4. The number of aromatic hydroxyl groups is 1. The summed E-state index contributed by atoms with van der Waals surface area (Å²) >= 11 is 0. The van der Waals surface area contributed by atoms with E-state index in [2.05, 4.69) is 21.3 Å². The van der Waals surface area contributed by atoms with Crippen LogP contribution in [0.3, 0.4) is 0 Å². The number of phenols is 1. The minimum absolute atomic E-state index is 0.0294. The Balaban J connectivity index is 1.75. The first-order chi connectivity index (χ1) is 20.9. The molecule has 0 bridgehead atoms. The van der Waals surface area contributed by atoms with E-state index < -0.39 is 65.4 Å². The van der Waals surface area contributed by atoms with Crippen molar-refractivity contribution in [1.82, 2.24) is 21.3 Å². The van der Waals surface area contributed by atoms with Crippen LogP contribution in [0.25, 0.3) is 0 Å². The number of phenolic OH excluding ortho intramolecular Hbond substituents is 1. The number of hydrogen-bond donors (Lipinski definition) is 9. The van der Waals surface area contributed by atoms with E-state index in [4.69, 9.17) is 11.5 Å². The SMILES string of the molecule is C[C@@H](O)C(NC(=O)C1(NC(=O)[C@@H](N)CCCCN)C[C@H]1c1ccc(O)cc1)C(=O)N[C@H](C(=O)NCc1ccccc1)[C@@H](C)O. The van der Waals surface area contributed by atoms with Crippen molar-refractivity contribution in [3.63, 3.8) is 0 Å². The van der Waals surface area contributed by atoms with E-state index in [0.29, 0.717) is 31.4 Å². The summed E-state index contributed by atoms with van der Waals surface area (Å²) in [5.74, 6) is -3.33. The fraction of sp³-hybridized carbons (Fsp3) is 0.484. The van der Waals surface area contributed by atoms with Crippen molar-refractivity contribution in [3.05, 3.63) is 65.7 Å². The number of benzene rings is 2. The summed E-state index contributed by atoms with van der Waals surface area (Å²) in [5.41, 5.74) is 11.6. The van der Waals surface area contributed by atoms with Crippen molar-refractivity contribution < 1.29 is 34.5 Å². The van der Waals surface area contributed by atoms with Crippen molar-refractivity contribution in [2.45, 2.75) is 87.9 Å². The normalized spacial score (nSPS) is 20.7. The summed E-state index contributed by atoms with van der Waals surface area (Å²) in [5, 5.41) is 40.8. The molecular weight excluding hydrogens is 568 g/mol. The Morgan fingerprint density at radius 1 is 0.886 bits per heavy atom. The molecule has 11 N–H and O–H groups in total. The highest BCUT2D eigenvalue weighted by Crippen LogP contribution is 2.52. The third-order valence-corrected chi connectivity index (χ3v) is 7.74. The largest absolute Gasteiger partial charge is 0.508 e. The molecule has 0 heterocycles. The van der Waals surface area contributed by atoms with Gasteiger partial charge in [0.05, 0.1) is 18.2 Å². The number of carbonyl (C=O) groups is 4. The molecular formula is C31H44N6O7. The first-order valence-electron chi connectivity index (χ1n) is 14.7. The number of nitrogens with two attached hydrogens (primary N) is 2. The van der Waals surface area contributed by atoms with Crippen LogP contribution in [-0.4, -0.2) is 81.4 Å². The van der Waals surface area contributed by atoms with Gasteiger partial charge in [0.1, 0.15) is 23.4 Å². The molecule has 2 aromatic carbocycles. The molecule has 2 aromatic rings. The highest BCUT2D eigenvalue weighted by atomic mass is 16.3. The summed E-state index contributed by atoms with van der Waals surface area (Å²) in [6.45, 7) is 3.23. The zero-order valence-corrected chi connectivity index (χ0v) is 25.0. The standard InChI is InChI=1S/C31H44N6O7/c1-18(38)25(28(42)34-17-20-8-4-3-5-9-20)35-29(43)26(19(2)39)36-30(44)31(37-27(41)24(33)10-6-7-15-32)16-23(31)21-11-13-22(40)14-12-21/h3-5,8-9,11-14,18-19,23-26,38-40H,6-7,10,15-17,32-33H2,1-2H3,(H,34,42)(H,35,43)(H,36,44)(H,37,41)/t18-,19-,23+,24+,25+,26?,31?/m1/s1. The van der Waals surface area contributed by atoms with Gasteiger partial charge in [-0.15, -0.1) is 0 Å². The first kappa shape index (κ1) is 34.5. The van der Waals surface area contributed by atoms with E-state index in [1.807, 2.05) is 18.2 Å². The Morgan fingerprint density at radius 2 is 1.50 bits per heavy atom. The van der Waals surface area contributed by atoms with Gasteiger partial charge < -0.3 is 48.1 Å². The molecule has 4 amide bonds. The van der Waals surface area contributed by atoms with Crippen LogP contribution in [0.4, 0.5) is 0 Å². The van der Waals surface area contributed by atoms with Gasteiger partial charge in [0.25, 0.3) is 0 Å². The smallest absolute Gasteiger partial charge is 0.247 e. The van der Waals surface area contributed by atoms with Crippen LogP contribution in [0.2, 0.25) is 0 Å². The fourth-order valence-electron chi connectivity index (χ4n) is 4.99. The van der Waals surface area contributed by atoms with Crippen LogP contribution in [0, 0.1) is 0 Å². The van der Waals surface area contributed by atoms with Crippen molar-refractivity contribution in [3.8, 4) is 5.75 Å². The summed E-state index contributed by atoms with van der Waals surface area (Å²) in [6, 6.07) is 11.4. The van der Waals surface area contributed by atoms with E-state index in [9.17, 15) is 34.5 Å². The molecule has 1 fully saturated rings. The number of carbonyl (C=O) groups excluding carboxylic acids is 4. The summed E-state index contributed by atoms with van der Waals surface area (Å²) in [6.07, 6.45) is -0.856. The Morgan fingerprint density at radius 3 is 2.09 bits per heavy atom. The minimum Gasteiger partial charge on any atom is -0.508 e. The molecule has 3 rings (SSSR count). The van der Waals surface area contributed by atoms with Crippen molar-refractivity contribution >= 4 is 23.6 Å². The molecule has 1 aliphatic carbocycles. The molecule has 1 saturated carbocycles. The van der Waals surface area contributed by atoms with Crippen LogP contribution >= 0.6 is 0 Å². The molecule has 2 unspecified atom stereocenters. The highest BCUT2D eigenvalue weighted by Gasteiger charge is 2.62. The number of rotatable bonds is 16. The predicted molar refractivity (Wildman–Crippen MR) is 163 cm³/mol. The second-order valence-corrected chi connectivity index (χ2v) is 11.3. The Hall–Kier alpha value is -4.04. The fourth-order valence-corrected chi connectivity index (χ4v) is 4.99. The van der Waals surface area contributed by atoms with Gasteiger partial charge in [-0.1, -0.05) is 48.9 Å². The topological polar surface area (TPSA) is 229 Å². The van der Waals surface area contributed by atoms with E-state index in [1.54, 1.807) is 24.3 Å². The zero-order valence-electron chi connectivity index (χ0n) is 25.0. The summed E-state index contributed by atoms with van der Waals surface area (Å²) < 4.78 is 0. The number of aliphatic hydroxyl groups is 2. The second-order valence-electron chi connectivity index (χ2n) is 11.3. The molecule has 13 nitrogen and oxygen atoms in total. The molecule has 13 heteroatoms. The quantitative estimate of drug-likeness (QED) is 0.108. The van der Waals surface area contributed by atoms with Crippen molar-refractivity contribution in [1.29, 1.82) is 0 Å². The van der Waals surface area contributed by atoms with Crippen LogP contribution in [0.15, 0.2) is 54.6 Å². The molecule has 0 saturated heterocycles. The maximum absolute atomic E-state index is 13.8. The van der Waals surface area contributed by atoms with Gasteiger partial charge in [0.15, 0.2) is 0 Å². The van der Waals surface area contributed by atoms with E-state index in [-0.39, 0.29) is 18.7 Å². The van der Waals surface area contributed by atoms with Gasteiger partial charge in [0.2, 0.25) is 23.6 Å². The molecule has 44 heavy (non-hydrogen) atoms. The lowest BCUT2D eigenvalue weighted by Gasteiger charge is -2.28. The minimum atomic E-state index is -1.53. The lowest BCUT2D eigenvalue weighted by molar-refractivity contribution is -0.137. The predicted octanol–water partition coefficient (Wildman–Crippen LogP) is -0.762. The second kappa shape index (κ2) is 15.6. The number of unbranched alkanes of at least 4 members (excludes halogenated alkanes) is 1. The van der Waals surface area contributed by atoms with Crippen LogP contribution in [0.5, 0.6) is 5.75 Å². The number of hydrogen-bond acceptors (Lipinski definition) is 9. The van der Waals surface area contributed by atoms with Gasteiger partial charge in [-0.05, 0) is 62.9 Å². The number of amides is 4. The van der Waals surface area contributed by atoms with E-state index >= 15 is 0 Å². The average Bonchev–Trinajstić information content (AvgIpc) is 3.72. The van der Waals surface area contributed by atoms with Crippen molar-refractivity contribution in [2.24, 2.45) is 11.5 Å². The molecule has 7 atom stereocenters. The lowest BCUT2D eigenvalue weighted by atomic mass is 10.0. The van der Waals surface area contributed by atoms with Gasteiger partial charge in [-0.25, -0.2) is 0 Å². The summed E-state index contributed by atoms with van der Waals surface area (Å²) in [4.78, 5) is 53.0. The van der Waals surface area contributed by atoms with Gasteiger partial charge >= 0.3 is 0 Å². The average molecular weight is 613 g/mol.